The molecule has 1 N–H and O–H groups in total. The van der Waals surface area contributed by atoms with Gasteiger partial charge in [-0.05, 0) is 36.4 Å². The normalized spacial score (nSPS) is 10.4. The molecule has 2 rings (SSSR count). The lowest BCUT2D eigenvalue weighted by atomic mass is 10.2. The summed E-state index contributed by atoms with van der Waals surface area (Å²) in [5, 5.41) is 2.22. The lowest BCUT2D eigenvalue weighted by molar-refractivity contribution is -0.119. The molecule has 25 heavy (non-hydrogen) atoms. The minimum absolute atomic E-state index is 0.00607. The second-order valence-electron chi connectivity index (χ2n) is 4.66. The van der Waals surface area contributed by atoms with Crippen molar-refractivity contribution in [2.24, 2.45) is 0 Å². The smallest absolute Gasteiger partial charge is 0.387 e. The van der Waals surface area contributed by atoms with E-state index in [0.717, 1.165) is 30.3 Å². The molecule has 0 saturated carbocycles. The molecule has 0 radical (unpaired) electrons. The van der Waals surface area contributed by atoms with E-state index in [9.17, 15) is 27.2 Å². The zero-order valence-corrected chi connectivity index (χ0v) is 12.5. The van der Waals surface area contributed by atoms with Crippen LogP contribution in [0.4, 0.5) is 23.2 Å². The summed E-state index contributed by atoms with van der Waals surface area (Å²) in [4.78, 5) is 23.3. The third-order valence-corrected chi connectivity index (χ3v) is 2.85. The number of amides is 1. The van der Waals surface area contributed by atoms with E-state index >= 15 is 0 Å². The number of hydrogen-bond acceptors (Lipinski definition) is 4. The third-order valence-electron chi connectivity index (χ3n) is 2.85. The molecule has 0 spiro atoms. The van der Waals surface area contributed by atoms with Gasteiger partial charge in [0.2, 0.25) is 0 Å². The van der Waals surface area contributed by atoms with Gasteiger partial charge in [-0.25, -0.2) is 13.6 Å². The van der Waals surface area contributed by atoms with Crippen molar-refractivity contribution >= 4 is 17.6 Å². The molecule has 0 aliphatic rings. The molecule has 9 heteroatoms. The Balaban J connectivity index is 1.86. The van der Waals surface area contributed by atoms with E-state index in [4.69, 9.17) is 4.74 Å². The summed E-state index contributed by atoms with van der Waals surface area (Å²) in [5.74, 6) is -3.98. The highest BCUT2D eigenvalue weighted by Gasteiger charge is 2.12. The standard InChI is InChI=1S/C16H11F4NO4/c17-12-6-3-10(7-13(12)18)21-14(22)8-24-15(23)9-1-4-11(5-2-9)25-16(19)20/h1-7,16H,8H2,(H,21,22). The second kappa shape index (κ2) is 8.13. The predicted molar refractivity (Wildman–Crippen MR) is 78.3 cm³/mol. The van der Waals surface area contributed by atoms with Crippen LogP contribution in [0.3, 0.4) is 0 Å². The van der Waals surface area contributed by atoms with Gasteiger partial charge in [-0.1, -0.05) is 0 Å². The van der Waals surface area contributed by atoms with Crippen LogP contribution in [0.1, 0.15) is 10.4 Å². The van der Waals surface area contributed by atoms with E-state index < -0.39 is 36.7 Å². The van der Waals surface area contributed by atoms with E-state index in [2.05, 4.69) is 10.1 Å². The maximum atomic E-state index is 13.0. The summed E-state index contributed by atoms with van der Waals surface area (Å²) < 4.78 is 58.7. The monoisotopic (exact) mass is 357 g/mol. The first-order valence-corrected chi connectivity index (χ1v) is 6.82. The minimum atomic E-state index is -2.99. The SMILES string of the molecule is O=C(COC(=O)c1ccc(OC(F)F)cc1)Nc1ccc(F)c(F)c1. The van der Waals surface area contributed by atoms with Gasteiger partial charge in [0.05, 0.1) is 5.56 Å². The topological polar surface area (TPSA) is 64.6 Å². The lowest BCUT2D eigenvalue weighted by Gasteiger charge is -2.08. The van der Waals surface area contributed by atoms with Crippen molar-refractivity contribution in [2.45, 2.75) is 6.61 Å². The highest BCUT2D eigenvalue weighted by molar-refractivity contribution is 5.95. The molecule has 0 aliphatic heterocycles. The van der Waals surface area contributed by atoms with Gasteiger partial charge in [0.1, 0.15) is 5.75 Å². The van der Waals surface area contributed by atoms with Crippen molar-refractivity contribution in [3.63, 3.8) is 0 Å². The number of carbonyl (C=O) groups excluding carboxylic acids is 2. The Morgan fingerprint density at radius 3 is 2.28 bits per heavy atom. The number of nitrogens with one attached hydrogen (secondary N) is 1. The molecule has 2 aromatic rings. The van der Waals surface area contributed by atoms with Gasteiger partial charge in [0.25, 0.3) is 5.91 Å². The van der Waals surface area contributed by atoms with Gasteiger partial charge < -0.3 is 14.8 Å². The summed E-state index contributed by atoms with van der Waals surface area (Å²) >= 11 is 0. The number of esters is 1. The zero-order valence-electron chi connectivity index (χ0n) is 12.5. The summed E-state index contributed by atoms with van der Waals surface area (Å²) in [6.45, 7) is -3.66. The summed E-state index contributed by atoms with van der Waals surface area (Å²) in [6, 6.07) is 7.41. The fourth-order valence-corrected chi connectivity index (χ4v) is 1.76. The maximum Gasteiger partial charge on any atom is 0.387 e. The Morgan fingerprint density at radius 1 is 1.00 bits per heavy atom. The van der Waals surface area contributed by atoms with E-state index in [1.807, 2.05) is 0 Å². The van der Waals surface area contributed by atoms with Gasteiger partial charge in [-0.15, -0.1) is 0 Å². The molecule has 0 saturated heterocycles. The molecule has 2 aromatic carbocycles. The summed E-state index contributed by atoms with van der Waals surface area (Å²) in [5.41, 5.74) is 0.00990. The van der Waals surface area contributed by atoms with Crippen LogP contribution in [0.25, 0.3) is 0 Å². The maximum absolute atomic E-state index is 13.0. The molecular formula is C16H11F4NO4. The van der Waals surface area contributed by atoms with Crippen LogP contribution < -0.4 is 10.1 Å². The Labute approximate surface area is 139 Å². The predicted octanol–water partition coefficient (Wildman–Crippen LogP) is 3.36. The molecule has 0 fully saturated rings. The van der Waals surface area contributed by atoms with Gasteiger partial charge in [-0.2, -0.15) is 8.78 Å². The summed E-state index contributed by atoms with van der Waals surface area (Å²) in [7, 11) is 0. The zero-order chi connectivity index (χ0) is 18.4. The Bertz CT molecular complexity index is 765. The number of halogens is 4. The number of carbonyl (C=O) groups is 2. The molecule has 0 aromatic heterocycles. The lowest BCUT2D eigenvalue weighted by Crippen LogP contribution is -2.21. The van der Waals surface area contributed by atoms with Crippen LogP contribution in [0.15, 0.2) is 42.5 Å². The van der Waals surface area contributed by atoms with Crippen LogP contribution in [-0.4, -0.2) is 25.1 Å². The number of hydrogen-bond donors (Lipinski definition) is 1. The first kappa shape index (κ1) is 18.2. The fraction of sp³-hybridized carbons (Fsp3) is 0.125. The average Bonchev–Trinajstić information content (AvgIpc) is 2.56. The summed E-state index contributed by atoms with van der Waals surface area (Å²) in [6.07, 6.45) is 0. The number of rotatable bonds is 6. The van der Waals surface area contributed by atoms with Crippen LogP contribution in [0.5, 0.6) is 5.75 Å². The molecule has 0 bridgehead atoms. The Morgan fingerprint density at radius 2 is 1.68 bits per heavy atom. The highest BCUT2D eigenvalue weighted by atomic mass is 19.3. The van der Waals surface area contributed by atoms with Gasteiger partial charge in [0, 0.05) is 11.8 Å². The molecule has 132 valence electrons. The first-order chi connectivity index (χ1) is 11.8. The van der Waals surface area contributed by atoms with Crippen molar-refractivity contribution in [3.8, 4) is 5.75 Å². The van der Waals surface area contributed by atoms with Crippen molar-refractivity contribution in [1.82, 2.24) is 0 Å². The largest absolute Gasteiger partial charge is 0.452 e. The van der Waals surface area contributed by atoms with Crippen molar-refractivity contribution in [3.05, 3.63) is 59.7 Å². The van der Waals surface area contributed by atoms with E-state index in [0.29, 0.717) is 0 Å². The highest BCUT2D eigenvalue weighted by Crippen LogP contribution is 2.16. The van der Waals surface area contributed by atoms with Crippen LogP contribution in [-0.2, 0) is 9.53 Å². The van der Waals surface area contributed by atoms with Crippen LogP contribution >= 0.6 is 0 Å². The minimum Gasteiger partial charge on any atom is -0.452 e. The van der Waals surface area contributed by atoms with Gasteiger partial charge in [0.15, 0.2) is 18.2 Å². The van der Waals surface area contributed by atoms with Gasteiger partial charge in [-0.3, -0.25) is 4.79 Å². The molecule has 0 unspecified atom stereocenters. The third kappa shape index (κ3) is 5.48. The second-order valence-corrected chi connectivity index (χ2v) is 4.66. The number of anilines is 1. The van der Waals surface area contributed by atoms with Crippen LogP contribution in [0, 0.1) is 11.6 Å². The van der Waals surface area contributed by atoms with E-state index in [1.54, 1.807) is 0 Å². The van der Waals surface area contributed by atoms with Crippen LogP contribution in [0.2, 0.25) is 0 Å². The fourth-order valence-electron chi connectivity index (χ4n) is 1.76. The molecular weight excluding hydrogens is 346 g/mol. The molecule has 0 heterocycles. The Kier molecular flexibility index (Phi) is 5.93. The molecule has 0 atom stereocenters. The van der Waals surface area contributed by atoms with E-state index in [-0.39, 0.29) is 17.0 Å². The van der Waals surface area contributed by atoms with E-state index in [1.165, 1.54) is 12.1 Å². The Hall–Kier alpha value is -3.10. The quantitative estimate of drug-likeness (QED) is 0.636. The first-order valence-electron chi connectivity index (χ1n) is 6.82. The number of benzene rings is 2. The van der Waals surface area contributed by atoms with Crippen molar-refractivity contribution in [2.75, 3.05) is 11.9 Å². The average molecular weight is 357 g/mol. The molecule has 1 amide bonds. The van der Waals surface area contributed by atoms with Gasteiger partial charge >= 0.3 is 12.6 Å². The number of ether oxygens (including phenoxy) is 2. The number of alkyl halides is 2. The van der Waals surface area contributed by atoms with Crippen molar-refractivity contribution in [1.29, 1.82) is 0 Å². The molecule has 5 nitrogen and oxygen atoms in total. The van der Waals surface area contributed by atoms with Crippen molar-refractivity contribution < 1.29 is 36.6 Å². The molecule has 0 aliphatic carbocycles.